The summed E-state index contributed by atoms with van der Waals surface area (Å²) >= 11 is 0. The van der Waals surface area contributed by atoms with E-state index in [-0.39, 0.29) is 12.2 Å². The molecule has 3 aromatic rings. The second-order valence-electron chi connectivity index (χ2n) is 7.34. The van der Waals surface area contributed by atoms with Gasteiger partial charge in [0.1, 0.15) is 25.4 Å². The van der Waals surface area contributed by atoms with Gasteiger partial charge in [-0.1, -0.05) is 0 Å². The van der Waals surface area contributed by atoms with E-state index in [1.807, 2.05) is 12.1 Å². The quantitative estimate of drug-likeness (QED) is 0.483. The fourth-order valence-electron chi connectivity index (χ4n) is 4.03. The first kappa shape index (κ1) is 18.5. The topological polar surface area (TPSA) is 84.2 Å². The minimum absolute atomic E-state index is 0.0452. The van der Waals surface area contributed by atoms with Crippen LogP contribution >= 0.6 is 0 Å². The van der Waals surface area contributed by atoms with Gasteiger partial charge >= 0.3 is 11.6 Å². The molecule has 0 saturated heterocycles. The number of rotatable bonds is 4. The van der Waals surface area contributed by atoms with Crippen LogP contribution in [0.1, 0.15) is 33.5 Å². The zero-order chi connectivity index (χ0) is 20.7. The summed E-state index contributed by atoms with van der Waals surface area (Å²) in [5.74, 6) is 0.767. The number of methoxy groups -OCH3 is 1. The Morgan fingerprint density at radius 2 is 1.83 bits per heavy atom. The molecule has 0 amide bonds. The predicted molar refractivity (Wildman–Crippen MR) is 108 cm³/mol. The Balaban J connectivity index is 1.43. The van der Waals surface area contributed by atoms with Gasteiger partial charge in [-0.25, -0.2) is 9.59 Å². The van der Waals surface area contributed by atoms with Gasteiger partial charge in [0.25, 0.3) is 0 Å². The van der Waals surface area contributed by atoms with E-state index >= 15 is 0 Å². The minimum Gasteiger partial charge on any atom is -0.493 e. The highest BCUT2D eigenvalue weighted by Gasteiger charge is 2.22. The maximum Gasteiger partial charge on any atom is 0.338 e. The van der Waals surface area contributed by atoms with Crippen molar-refractivity contribution in [1.82, 2.24) is 0 Å². The van der Waals surface area contributed by atoms with Crippen LogP contribution < -0.4 is 19.8 Å². The summed E-state index contributed by atoms with van der Waals surface area (Å²) < 4.78 is 27.3. The Morgan fingerprint density at radius 3 is 2.67 bits per heavy atom. The van der Waals surface area contributed by atoms with E-state index in [1.165, 1.54) is 24.3 Å². The molecule has 1 aliphatic heterocycles. The van der Waals surface area contributed by atoms with Crippen molar-refractivity contribution in [3.63, 3.8) is 0 Å². The van der Waals surface area contributed by atoms with Gasteiger partial charge in [0.05, 0.1) is 12.7 Å². The fraction of sp³-hybridized carbons (Fsp3) is 0.304. The molecule has 1 aliphatic carbocycles. The molecular formula is C23H20O7. The summed E-state index contributed by atoms with van der Waals surface area (Å²) in [6.07, 6.45) is 3.08. The number of benzene rings is 2. The smallest absolute Gasteiger partial charge is 0.338 e. The van der Waals surface area contributed by atoms with E-state index in [0.717, 1.165) is 24.6 Å². The van der Waals surface area contributed by atoms with Crippen molar-refractivity contribution < 1.29 is 28.2 Å². The van der Waals surface area contributed by atoms with Crippen LogP contribution in [0.15, 0.2) is 39.5 Å². The largest absolute Gasteiger partial charge is 0.493 e. The molecule has 0 bridgehead atoms. The first-order valence-corrected chi connectivity index (χ1v) is 9.85. The maximum absolute atomic E-state index is 12.7. The number of hydrogen-bond donors (Lipinski definition) is 0. The SMILES string of the molecule is COc1cc(C(=O)OCc2cc(=O)oc3cc4c(cc23)CCC4)cc2c1OCCO2. The average molecular weight is 408 g/mol. The Bertz CT molecular complexity index is 1190. The van der Waals surface area contributed by atoms with Gasteiger partial charge in [0.15, 0.2) is 11.5 Å². The van der Waals surface area contributed by atoms with Crippen LogP contribution in [0.25, 0.3) is 11.0 Å². The van der Waals surface area contributed by atoms with Crippen molar-refractivity contribution in [3.05, 3.63) is 63.0 Å². The number of hydrogen-bond acceptors (Lipinski definition) is 7. The Kier molecular flexibility index (Phi) is 4.58. The van der Waals surface area contributed by atoms with Crippen molar-refractivity contribution in [2.24, 2.45) is 0 Å². The Hall–Kier alpha value is -3.48. The van der Waals surface area contributed by atoms with Gasteiger partial charge in [-0.05, 0) is 54.7 Å². The molecule has 2 aromatic carbocycles. The van der Waals surface area contributed by atoms with Gasteiger partial charge in [-0.3, -0.25) is 0 Å². The van der Waals surface area contributed by atoms with Crippen molar-refractivity contribution in [2.75, 3.05) is 20.3 Å². The van der Waals surface area contributed by atoms with Gasteiger partial charge in [-0.15, -0.1) is 0 Å². The Labute approximate surface area is 172 Å². The number of esters is 1. The molecule has 0 N–H and O–H groups in total. The fourth-order valence-corrected chi connectivity index (χ4v) is 4.03. The summed E-state index contributed by atoms with van der Waals surface area (Å²) in [6.45, 7) is 0.766. The predicted octanol–water partition coefficient (Wildman–Crippen LogP) is 3.42. The molecule has 0 fully saturated rings. The summed E-state index contributed by atoms with van der Waals surface area (Å²) in [5.41, 5.74) is 3.42. The second-order valence-corrected chi connectivity index (χ2v) is 7.34. The van der Waals surface area contributed by atoms with Crippen LogP contribution in [0.3, 0.4) is 0 Å². The van der Waals surface area contributed by atoms with Crippen molar-refractivity contribution in [3.8, 4) is 17.2 Å². The van der Waals surface area contributed by atoms with E-state index in [2.05, 4.69) is 0 Å². The normalized spacial score (nSPS) is 14.4. The third kappa shape index (κ3) is 3.26. The molecule has 2 aliphatic rings. The molecule has 154 valence electrons. The van der Waals surface area contributed by atoms with Gasteiger partial charge in [-0.2, -0.15) is 0 Å². The lowest BCUT2D eigenvalue weighted by molar-refractivity contribution is 0.0472. The van der Waals surface area contributed by atoms with Crippen LogP contribution in [0.2, 0.25) is 0 Å². The highest BCUT2D eigenvalue weighted by atomic mass is 16.6. The number of carbonyl (C=O) groups is 1. The Morgan fingerprint density at radius 1 is 1.03 bits per heavy atom. The van der Waals surface area contributed by atoms with Gasteiger partial charge in [0.2, 0.25) is 5.75 Å². The lowest BCUT2D eigenvalue weighted by Crippen LogP contribution is -2.17. The van der Waals surface area contributed by atoms with Crippen LogP contribution in [0, 0.1) is 0 Å². The van der Waals surface area contributed by atoms with Crippen LogP contribution in [-0.2, 0) is 24.2 Å². The molecule has 0 atom stereocenters. The molecule has 2 heterocycles. The minimum atomic E-state index is -0.548. The highest BCUT2D eigenvalue weighted by Crippen LogP contribution is 2.40. The maximum atomic E-state index is 12.7. The molecule has 0 saturated carbocycles. The lowest BCUT2D eigenvalue weighted by Gasteiger charge is -2.21. The molecule has 0 unspecified atom stereocenters. The zero-order valence-corrected chi connectivity index (χ0v) is 16.5. The molecule has 5 rings (SSSR count). The van der Waals surface area contributed by atoms with E-state index < -0.39 is 11.6 Å². The summed E-state index contributed by atoms with van der Waals surface area (Å²) in [4.78, 5) is 24.7. The number of carbonyl (C=O) groups excluding carboxylic acids is 1. The third-order valence-electron chi connectivity index (χ3n) is 5.47. The van der Waals surface area contributed by atoms with Crippen molar-refractivity contribution in [2.45, 2.75) is 25.9 Å². The van der Waals surface area contributed by atoms with E-state index in [9.17, 15) is 9.59 Å². The van der Waals surface area contributed by atoms with E-state index in [0.29, 0.717) is 41.6 Å². The number of ether oxygens (including phenoxy) is 4. The third-order valence-corrected chi connectivity index (χ3v) is 5.47. The van der Waals surface area contributed by atoms with Gasteiger partial charge in [0, 0.05) is 17.0 Å². The van der Waals surface area contributed by atoms with Crippen LogP contribution in [0.4, 0.5) is 0 Å². The standard InChI is InChI=1S/C23H20O7/c1-26-19-9-15(10-20-22(19)28-6-5-27-20)23(25)29-12-16-11-21(24)30-18-8-14-4-2-3-13(14)7-17(16)18/h7-11H,2-6,12H2,1H3. The summed E-state index contributed by atoms with van der Waals surface area (Å²) in [5, 5.41) is 0.794. The van der Waals surface area contributed by atoms with Crippen molar-refractivity contribution in [1.29, 1.82) is 0 Å². The number of aryl methyl sites for hydroxylation is 2. The van der Waals surface area contributed by atoms with E-state index in [4.69, 9.17) is 23.4 Å². The second kappa shape index (κ2) is 7.40. The van der Waals surface area contributed by atoms with Gasteiger partial charge < -0.3 is 23.4 Å². The van der Waals surface area contributed by atoms with E-state index in [1.54, 1.807) is 12.1 Å². The molecule has 1 aromatic heterocycles. The highest BCUT2D eigenvalue weighted by molar-refractivity contribution is 5.91. The monoisotopic (exact) mass is 408 g/mol. The first-order chi connectivity index (χ1) is 14.6. The van der Waals surface area contributed by atoms with Crippen LogP contribution in [-0.4, -0.2) is 26.3 Å². The molecule has 7 nitrogen and oxygen atoms in total. The van der Waals surface area contributed by atoms with Crippen LogP contribution in [0.5, 0.6) is 17.2 Å². The molecule has 7 heteroatoms. The van der Waals surface area contributed by atoms with Crippen molar-refractivity contribution >= 4 is 16.9 Å². The molecule has 0 radical (unpaired) electrons. The molecular weight excluding hydrogens is 388 g/mol. The molecule has 0 spiro atoms. The lowest BCUT2D eigenvalue weighted by atomic mass is 10.0. The summed E-state index contributed by atoms with van der Waals surface area (Å²) in [7, 11) is 1.50. The first-order valence-electron chi connectivity index (χ1n) is 9.85. The zero-order valence-electron chi connectivity index (χ0n) is 16.5. The molecule has 30 heavy (non-hydrogen) atoms. The summed E-state index contributed by atoms with van der Waals surface area (Å²) in [6, 6.07) is 8.47. The number of fused-ring (bicyclic) bond motifs is 3. The average Bonchev–Trinajstić information content (AvgIpc) is 3.22.